The quantitative estimate of drug-likeness (QED) is 0.835. The largest absolute Gasteiger partial charge is 0.363 e. The highest BCUT2D eigenvalue weighted by molar-refractivity contribution is 5.43. The van der Waals surface area contributed by atoms with Crippen LogP contribution in [0.5, 0.6) is 0 Å². The highest BCUT2D eigenvalue weighted by Crippen LogP contribution is 2.25. The highest BCUT2D eigenvalue weighted by Gasteiger charge is 2.28. The van der Waals surface area contributed by atoms with Gasteiger partial charge in [0, 0.05) is 32.9 Å². The first-order valence-electron chi connectivity index (χ1n) is 8.99. The van der Waals surface area contributed by atoms with E-state index >= 15 is 0 Å². The first kappa shape index (κ1) is 16.1. The molecule has 0 saturated carbocycles. The van der Waals surface area contributed by atoms with E-state index in [0.29, 0.717) is 6.54 Å². The van der Waals surface area contributed by atoms with E-state index in [2.05, 4.69) is 20.0 Å². The number of fused-ring (bicyclic) bond motifs is 1. The molecular formula is C18H24N6O. The third-order valence-electron chi connectivity index (χ3n) is 5.13. The van der Waals surface area contributed by atoms with Crippen LogP contribution in [0.1, 0.15) is 30.5 Å². The van der Waals surface area contributed by atoms with Crippen LogP contribution in [-0.2, 0) is 19.4 Å². The minimum absolute atomic E-state index is 0.00969. The monoisotopic (exact) mass is 340 g/mol. The first-order valence-corrected chi connectivity index (χ1v) is 8.99. The highest BCUT2D eigenvalue weighted by atomic mass is 16.1. The molecule has 132 valence electrons. The molecule has 4 rings (SSSR count). The van der Waals surface area contributed by atoms with Crippen molar-refractivity contribution in [3.8, 4) is 0 Å². The fourth-order valence-corrected chi connectivity index (χ4v) is 3.79. The molecule has 0 bridgehead atoms. The van der Waals surface area contributed by atoms with E-state index in [-0.39, 0.29) is 11.6 Å². The van der Waals surface area contributed by atoms with Crippen LogP contribution in [0.25, 0.3) is 0 Å². The zero-order valence-corrected chi connectivity index (χ0v) is 14.9. The average Bonchev–Trinajstić information content (AvgIpc) is 3.24. The van der Waals surface area contributed by atoms with E-state index in [4.69, 9.17) is 0 Å². The molecule has 7 heteroatoms. The molecule has 25 heavy (non-hydrogen) atoms. The molecule has 0 amide bonds. The second-order valence-corrected chi connectivity index (χ2v) is 7.09. The van der Waals surface area contributed by atoms with Gasteiger partial charge in [0.15, 0.2) is 0 Å². The average molecular weight is 340 g/mol. The summed E-state index contributed by atoms with van der Waals surface area (Å²) in [6.07, 6.45) is 6.98. The van der Waals surface area contributed by atoms with E-state index in [9.17, 15) is 4.79 Å². The van der Waals surface area contributed by atoms with Crippen molar-refractivity contribution >= 4 is 11.8 Å². The molecule has 2 aromatic rings. The van der Waals surface area contributed by atoms with Crippen LogP contribution in [0.2, 0.25) is 0 Å². The van der Waals surface area contributed by atoms with Crippen molar-refractivity contribution in [3.05, 3.63) is 39.9 Å². The molecule has 1 aliphatic heterocycles. The Morgan fingerprint density at radius 2 is 2.16 bits per heavy atom. The predicted octanol–water partition coefficient (Wildman–Crippen LogP) is 1.26. The van der Waals surface area contributed by atoms with Gasteiger partial charge in [-0.25, -0.2) is 9.67 Å². The Balaban J connectivity index is 1.58. The molecule has 2 aliphatic rings. The van der Waals surface area contributed by atoms with Gasteiger partial charge in [-0.1, -0.05) is 0 Å². The Hall–Kier alpha value is -2.44. The SMILES string of the molecule is CN(C)c1ccnc(N2CCCC2Cn2nc3c(cc2=O)CCC3)n1. The maximum Gasteiger partial charge on any atom is 0.267 e. The molecule has 0 spiro atoms. The van der Waals surface area contributed by atoms with E-state index in [1.54, 1.807) is 16.9 Å². The third kappa shape index (κ3) is 3.10. The molecular weight excluding hydrogens is 316 g/mol. The summed E-state index contributed by atoms with van der Waals surface area (Å²) < 4.78 is 1.64. The zero-order chi connectivity index (χ0) is 17.4. The van der Waals surface area contributed by atoms with E-state index < -0.39 is 0 Å². The van der Waals surface area contributed by atoms with E-state index in [1.807, 2.05) is 25.1 Å². The molecule has 7 nitrogen and oxygen atoms in total. The van der Waals surface area contributed by atoms with Crippen molar-refractivity contribution in [1.82, 2.24) is 19.7 Å². The lowest BCUT2D eigenvalue weighted by atomic mass is 10.2. The van der Waals surface area contributed by atoms with Crippen LogP contribution in [0.4, 0.5) is 11.8 Å². The number of hydrogen-bond donors (Lipinski definition) is 0. The number of aromatic nitrogens is 4. The molecule has 0 radical (unpaired) electrons. The molecule has 1 aliphatic carbocycles. The Bertz CT molecular complexity index is 831. The molecule has 1 saturated heterocycles. The van der Waals surface area contributed by atoms with Crippen molar-refractivity contribution < 1.29 is 0 Å². The summed E-state index contributed by atoms with van der Waals surface area (Å²) in [6.45, 7) is 1.52. The molecule has 1 unspecified atom stereocenters. The maximum atomic E-state index is 12.4. The summed E-state index contributed by atoms with van der Waals surface area (Å²) in [5.74, 6) is 1.63. The second kappa shape index (κ2) is 6.46. The van der Waals surface area contributed by atoms with Crippen molar-refractivity contribution in [2.75, 3.05) is 30.4 Å². The molecule has 1 fully saturated rings. The minimum atomic E-state index is 0.00969. The van der Waals surface area contributed by atoms with Gasteiger partial charge >= 0.3 is 0 Å². The van der Waals surface area contributed by atoms with Gasteiger partial charge in [0.1, 0.15) is 5.82 Å². The van der Waals surface area contributed by atoms with Gasteiger partial charge in [-0.15, -0.1) is 0 Å². The Morgan fingerprint density at radius 3 is 3.00 bits per heavy atom. The number of hydrogen-bond acceptors (Lipinski definition) is 6. The standard InChI is InChI=1S/C18H24N6O/c1-22(2)16-8-9-19-18(20-16)23-10-4-6-14(23)12-24-17(25)11-13-5-3-7-15(13)21-24/h8-9,11,14H,3-7,10,12H2,1-2H3. The smallest absolute Gasteiger partial charge is 0.267 e. The van der Waals surface area contributed by atoms with Gasteiger partial charge in [-0.3, -0.25) is 4.79 Å². The Kier molecular flexibility index (Phi) is 4.15. The van der Waals surface area contributed by atoms with Crippen LogP contribution in [0.3, 0.4) is 0 Å². The Morgan fingerprint density at radius 1 is 1.28 bits per heavy atom. The van der Waals surface area contributed by atoms with Crippen LogP contribution in [-0.4, -0.2) is 46.4 Å². The topological polar surface area (TPSA) is 67.2 Å². The molecule has 1 atom stereocenters. The summed E-state index contributed by atoms with van der Waals surface area (Å²) >= 11 is 0. The molecule has 2 aromatic heterocycles. The summed E-state index contributed by atoms with van der Waals surface area (Å²) in [4.78, 5) is 25.7. The molecule has 0 N–H and O–H groups in total. The fourth-order valence-electron chi connectivity index (χ4n) is 3.79. The van der Waals surface area contributed by atoms with Crippen molar-refractivity contribution in [2.45, 2.75) is 44.7 Å². The lowest BCUT2D eigenvalue weighted by Crippen LogP contribution is -2.38. The summed E-state index contributed by atoms with van der Waals surface area (Å²) in [5.41, 5.74) is 2.23. The summed E-state index contributed by atoms with van der Waals surface area (Å²) in [5, 5.41) is 4.62. The zero-order valence-electron chi connectivity index (χ0n) is 14.9. The number of anilines is 2. The summed E-state index contributed by atoms with van der Waals surface area (Å²) in [7, 11) is 3.95. The molecule has 0 aromatic carbocycles. The van der Waals surface area contributed by atoms with Crippen molar-refractivity contribution in [2.24, 2.45) is 0 Å². The molecule has 3 heterocycles. The van der Waals surface area contributed by atoms with Gasteiger partial charge in [-0.2, -0.15) is 10.1 Å². The van der Waals surface area contributed by atoms with E-state index in [1.165, 1.54) is 0 Å². The lowest BCUT2D eigenvalue weighted by Gasteiger charge is -2.25. The van der Waals surface area contributed by atoms with Gasteiger partial charge in [0.05, 0.1) is 18.3 Å². The number of aryl methyl sites for hydroxylation is 2. The van der Waals surface area contributed by atoms with E-state index in [0.717, 1.165) is 61.7 Å². The lowest BCUT2D eigenvalue weighted by molar-refractivity contribution is 0.480. The second-order valence-electron chi connectivity index (χ2n) is 7.09. The summed E-state index contributed by atoms with van der Waals surface area (Å²) in [6, 6.07) is 3.89. The predicted molar refractivity (Wildman–Crippen MR) is 97.2 cm³/mol. The van der Waals surface area contributed by atoms with Gasteiger partial charge in [0.25, 0.3) is 5.56 Å². The van der Waals surface area contributed by atoms with Gasteiger partial charge in [-0.05, 0) is 43.7 Å². The van der Waals surface area contributed by atoms with Crippen LogP contribution >= 0.6 is 0 Å². The third-order valence-corrected chi connectivity index (χ3v) is 5.13. The fraction of sp³-hybridized carbons (Fsp3) is 0.556. The van der Waals surface area contributed by atoms with Crippen molar-refractivity contribution in [3.63, 3.8) is 0 Å². The van der Waals surface area contributed by atoms with Crippen LogP contribution in [0.15, 0.2) is 23.1 Å². The maximum absolute atomic E-state index is 12.4. The van der Waals surface area contributed by atoms with Gasteiger partial charge in [0.2, 0.25) is 5.95 Å². The minimum Gasteiger partial charge on any atom is -0.363 e. The first-order chi connectivity index (χ1) is 12.1. The number of rotatable bonds is 4. The number of nitrogens with zero attached hydrogens (tertiary/aromatic N) is 6. The van der Waals surface area contributed by atoms with Crippen LogP contribution < -0.4 is 15.4 Å². The van der Waals surface area contributed by atoms with Crippen molar-refractivity contribution in [1.29, 1.82) is 0 Å². The van der Waals surface area contributed by atoms with Gasteiger partial charge < -0.3 is 9.80 Å². The van der Waals surface area contributed by atoms with Crippen LogP contribution in [0, 0.1) is 0 Å². The Labute approximate surface area is 147 Å². The normalized spacial score (nSPS) is 19.3.